The zero-order chi connectivity index (χ0) is 17.0. The summed E-state index contributed by atoms with van der Waals surface area (Å²) < 4.78 is 19.0. The second-order valence-corrected chi connectivity index (χ2v) is 6.20. The zero-order valence-electron chi connectivity index (χ0n) is 12.3. The zero-order valence-corrected chi connectivity index (χ0v) is 13.8. The Morgan fingerprint density at radius 3 is 2.83 bits per heavy atom. The average Bonchev–Trinajstić information content (AvgIpc) is 2.54. The van der Waals surface area contributed by atoms with E-state index in [1.54, 1.807) is 0 Å². The van der Waals surface area contributed by atoms with Gasteiger partial charge in [0, 0.05) is 17.6 Å². The SMILES string of the molecule is NC(=O)[C@@H]1CCCN(C(=O)COC(=O)c2cc(Br)ccc2F)C1. The number of halogens is 2. The van der Waals surface area contributed by atoms with E-state index in [0.717, 1.165) is 6.07 Å². The van der Waals surface area contributed by atoms with Gasteiger partial charge < -0.3 is 15.4 Å². The van der Waals surface area contributed by atoms with E-state index < -0.39 is 30.2 Å². The molecule has 0 radical (unpaired) electrons. The molecule has 1 aromatic carbocycles. The van der Waals surface area contributed by atoms with E-state index in [2.05, 4.69) is 15.9 Å². The quantitative estimate of drug-likeness (QED) is 0.793. The van der Waals surface area contributed by atoms with Crippen molar-refractivity contribution in [2.45, 2.75) is 12.8 Å². The number of carbonyl (C=O) groups excluding carboxylic acids is 3. The number of amides is 2. The third-order valence-electron chi connectivity index (χ3n) is 3.65. The molecule has 1 heterocycles. The second kappa shape index (κ2) is 7.54. The third-order valence-corrected chi connectivity index (χ3v) is 4.14. The van der Waals surface area contributed by atoms with Crippen LogP contribution < -0.4 is 5.73 Å². The van der Waals surface area contributed by atoms with Crippen molar-refractivity contribution in [3.05, 3.63) is 34.1 Å². The summed E-state index contributed by atoms with van der Waals surface area (Å²) in [6, 6.07) is 3.87. The minimum Gasteiger partial charge on any atom is -0.452 e. The number of rotatable bonds is 4. The van der Waals surface area contributed by atoms with E-state index in [9.17, 15) is 18.8 Å². The Kier molecular flexibility index (Phi) is 5.70. The number of ether oxygens (including phenoxy) is 1. The van der Waals surface area contributed by atoms with Gasteiger partial charge in [-0.3, -0.25) is 9.59 Å². The number of primary amides is 1. The summed E-state index contributed by atoms with van der Waals surface area (Å²) in [6.45, 7) is 0.193. The van der Waals surface area contributed by atoms with E-state index in [1.165, 1.54) is 17.0 Å². The van der Waals surface area contributed by atoms with E-state index in [1.807, 2.05) is 0 Å². The Morgan fingerprint density at radius 1 is 1.39 bits per heavy atom. The molecule has 8 heteroatoms. The van der Waals surface area contributed by atoms with Crippen molar-refractivity contribution in [1.82, 2.24) is 4.90 Å². The fourth-order valence-electron chi connectivity index (χ4n) is 2.39. The molecule has 1 saturated heterocycles. The van der Waals surface area contributed by atoms with Crippen molar-refractivity contribution in [1.29, 1.82) is 0 Å². The van der Waals surface area contributed by atoms with Crippen LogP contribution in [0, 0.1) is 11.7 Å². The molecule has 1 aliphatic heterocycles. The largest absolute Gasteiger partial charge is 0.452 e. The number of likely N-dealkylation sites (tertiary alicyclic amines) is 1. The minimum absolute atomic E-state index is 0.219. The van der Waals surface area contributed by atoms with Gasteiger partial charge in [-0.15, -0.1) is 0 Å². The van der Waals surface area contributed by atoms with Gasteiger partial charge in [0.2, 0.25) is 5.91 Å². The van der Waals surface area contributed by atoms with Crippen LogP contribution in [0.15, 0.2) is 22.7 Å². The Labute approximate surface area is 140 Å². The van der Waals surface area contributed by atoms with Crippen LogP contribution in [-0.2, 0) is 14.3 Å². The number of esters is 1. The topological polar surface area (TPSA) is 89.7 Å². The summed E-state index contributed by atoms with van der Waals surface area (Å²) in [7, 11) is 0. The molecule has 1 atom stereocenters. The Balaban J connectivity index is 1.92. The maximum atomic E-state index is 13.6. The van der Waals surface area contributed by atoms with Crippen LogP contribution in [0.2, 0.25) is 0 Å². The summed E-state index contributed by atoms with van der Waals surface area (Å²) in [5, 5.41) is 0. The van der Waals surface area contributed by atoms with Gasteiger partial charge in [-0.05, 0) is 31.0 Å². The summed E-state index contributed by atoms with van der Waals surface area (Å²) >= 11 is 3.13. The molecule has 2 N–H and O–H groups in total. The summed E-state index contributed by atoms with van der Waals surface area (Å²) in [5.41, 5.74) is 5.00. The summed E-state index contributed by atoms with van der Waals surface area (Å²) in [6.07, 6.45) is 1.30. The molecule has 2 amide bonds. The van der Waals surface area contributed by atoms with Gasteiger partial charge in [0.05, 0.1) is 11.5 Å². The van der Waals surface area contributed by atoms with Gasteiger partial charge in [0.1, 0.15) is 5.82 Å². The standard InChI is InChI=1S/C15H16BrFN2O4/c16-10-3-4-12(17)11(6-10)15(22)23-8-13(20)19-5-1-2-9(7-19)14(18)21/h3-4,6,9H,1-2,5,7-8H2,(H2,18,21)/t9-/m1/s1. The lowest BCUT2D eigenvalue weighted by Crippen LogP contribution is -2.45. The molecule has 1 fully saturated rings. The van der Waals surface area contributed by atoms with E-state index >= 15 is 0 Å². The van der Waals surface area contributed by atoms with Gasteiger partial charge in [-0.2, -0.15) is 0 Å². The fraction of sp³-hybridized carbons (Fsp3) is 0.400. The maximum absolute atomic E-state index is 13.6. The first-order valence-electron chi connectivity index (χ1n) is 7.07. The number of hydrogen-bond donors (Lipinski definition) is 1. The first-order chi connectivity index (χ1) is 10.9. The number of nitrogens with two attached hydrogens (primary N) is 1. The molecule has 1 aliphatic rings. The molecular weight excluding hydrogens is 371 g/mol. The van der Waals surface area contributed by atoms with Gasteiger partial charge in [-0.1, -0.05) is 15.9 Å². The normalized spacial score (nSPS) is 17.7. The maximum Gasteiger partial charge on any atom is 0.341 e. The van der Waals surface area contributed by atoms with Gasteiger partial charge >= 0.3 is 5.97 Å². The number of hydrogen-bond acceptors (Lipinski definition) is 4. The van der Waals surface area contributed by atoms with Crippen LogP contribution in [0.1, 0.15) is 23.2 Å². The lowest BCUT2D eigenvalue weighted by Gasteiger charge is -2.31. The van der Waals surface area contributed by atoms with Crippen molar-refractivity contribution >= 4 is 33.7 Å². The van der Waals surface area contributed by atoms with Crippen LogP contribution in [0.5, 0.6) is 0 Å². The summed E-state index contributed by atoms with van der Waals surface area (Å²) in [5.74, 6) is -2.90. The first kappa shape index (κ1) is 17.4. The highest BCUT2D eigenvalue weighted by atomic mass is 79.9. The van der Waals surface area contributed by atoms with Crippen molar-refractivity contribution in [2.75, 3.05) is 19.7 Å². The van der Waals surface area contributed by atoms with Crippen molar-refractivity contribution < 1.29 is 23.5 Å². The predicted molar refractivity (Wildman–Crippen MR) is 82.9 cm³/mol. The molecular formula is C15H16BrFN2O4. The Morgan fingerprint density at radius 2 is 2.13 bits per heavy atom. The van der Waals surface area contributed by atoms with Crippen LogP contribution in [-0.4, -0.2) is 42.4 Å². The fourth-order valence-corrected chi connectivity index (χ4v) is 2.75. The number of piperidine rings is 1. The van der Waals surface area contributed by atoms with E-state index in [-0.39, 0.29) is 18.0 Å². The minimum atomic E-state index is -0.916. The van der Waals surface area contributed by atoms with Crippen LogP contribution >= 0.6 is 15.9 Å². The third kappa shape index (κ3) is 4.51. The van der Waals surface area contributed by atoms with Crippen molar-refractivity contribution in [3.63, 3.8) is 0 Å². The molecule has 0 saturated carbocycles. The Bertz CT molecular complexity index is 638. The lowest BCUT2D eigenvalue weighted by molar-refractivity contribution is -0.137. The molecule has 124 valence electrons. The number of nitrogens with zero attached hydrogens (tertiary/aromatic N) is 1. The molecule has 0 bridgehead atoms. The van der Waals surface area contributed by atoms with Gasteiger partial charge in [0.15, 0.2) is 6.61 Å². The number of carbonyl (C=O) groups is 3. The Hall–Kier alpha value is -1.96. The van der Waals surface area contributed by atoms with Crippen molar-refractivity contribution in [3.8, 4) is 0 Å². The molecule has 0 unspecified atom stereocenters. The second-order valence-electron chi connectivity index (χ2n) is 5.28. The predicted octanol–water partition coefficient (Wildman–Crippen LogP) is 1.47. The molecule has 1 aromatic rings. The lowest BCUT2D eigenvalue weighted by atomic mass is 9.97. The van der Waals surface area contributed by atoms with E-state index in [0.29, 0.717) is 23.9 Å². The highest BCUT2D eigenvalue weighted by Gasteiger charge is 2.27. The molecule has 6 nitrogen and oxygen atoms in total. The van der Waals surface area contributed by atoms with Gasteiger partial charge in [0.25, 0.3) is 5.91 Å². The van der Waals surface area contributed by atoms with Crippen LogP contribution in [0.25, 0.3) is 0 Å². The first-order valence-corrected chi connectivity index (χ1v) is 7.87. The number of benzene rings is 1. The van der Waals surface area contributed by atoms with Gasteiger partial charge in [-0.25, -0.2) is 9.18 Å². The van der Waals surface area contributed by atoms with Crippen LogP contribution in [0.4, 0.5) is 4.39 Å². The highest BCUT2D eigenvalue weighted by molar-refractivity contribution is 9.10. The highest BCUT2D eigenvalue weighted by Crippen LogP contribution is 2.18. The molecule has 2 rings (SSSR count). The molecule has 23 heavy (non-hydrogen) atoms. The smallest absolute Gasteiger partial charge is 0.341 e. The monoisotopic (exact) mass is 386 g/mol. The molecule has 0 aromatic heterocycles. The van der Waals surface area contributed by atoms with Crippen LogP contribution in [0.3, 0.4) is 0 Å². The molecule has 0 aliphatic carbocycles. The van der Waals surface area contributed by atoms with E-state index in [4.69, 9.17) is 10.5 Å². The average molecular weight is 387 g/mol. The van der Waals surface area contributed by atoms with Crippen molar-refractivity contribution in [2.24, 2.45) is 11.7 Å². The summed E-state index contributed by atoms with van der Waals surface area (Å²) in [4.78, 5) is 36.5. The molecule has 0 spiro atoms.